The first kappa shape index (κ1) is 19.3. The van der Waals surface area contributed by atoms with Crippen LogP contribution < -0.4 is 5.73 Å². The Morgan fingerprint density at radius 1 is 1.42 bits per heavy atom. The molecule has 0 unspecified atom stereocenters. The molecule has 0 amide bonds. The second kappa shape index (κ2) is 9.39. The number of benzene rings is 1. The van der Waals surface area contributed by atoms with Crippen molar-refractivity contribution >= 4 is 18.1 Å². The quantitative estimate of drug-likeness (QED) is 0.563. The fourth-order valence-electron chi connectivity index (χ4n) is 1.94. The lowest BCUT2D eigenvalue weighted by molar-refractivity contribution is 0.131. The third-order valence-electron chi connectivity index (χ3n) is 3.23. The number of nitrogens with zero attached hydrogens (tertiary/aromatic N) is 2. The van der Waals surface area contributed by atoms with Crippen LogP contribution in [-0.2, 0) is 16.3 Å². The van der Waals surface area contributed by atoms with Crippen LogP contribution in [0.4, 0.5) is 8.78 Å². The molecular formula is C16H20F2N4O2. The minimum atomic E-state index is -2.86. The number of halogens is 2. The zero-order valence-electron chi connectivity index (χ0n) is 13.7. The highest BCUT2D eigenvalue weighted by atomic mass is 19.3. The molecule has 1 aromatic carbocycles. The summed E-state index contributed by atoms with van der Waals surface area (Å²) in [6.07, 6.45) is -1.17. The van der Waals surface area contributed by atoms with Gasteiger partial charge in [-0.2, -0.15) is 0 Å². The van der Waals surface area contributed by atoms with Crippen molar-refractivity contribution in [3.63, 3.8) is 0 Å². The van der Waals surface area contributed by atoms with Crippen LogP contribution in [0.25, 0.3) is 0 Å². The summed E-state index contributed by atoms with van der Waals surface area (Å²) in [4.78, 5) is 9.94. The highest BCUT2D eigenvalue weighted by Crippen LogP contribution is 2.17. The van der Waals surface area contributed by atoms with Crippen molar-refractivity contribution in [1.82, 2.24) is 0 Å². The molecule has 0 spiro atoms. The first-order chi connectivity index (χ1) is 11.4. The van der Waals surface area contributed by atoms with Crippen molar-refractivity contribution in [2.45, 2.75) is 26.9 Å². The zero-order chi connectivity index (χ0) is 18.1. The Labute approximate surface area is 139 Å². The van der Waals surface area contributed by atoms with E-state index in [4.69, 9.17) is 20.8 Å². The monoisotopic (exact) mass is 338 g/mol. The smallest absolute Gasteiger partial charge is 0.278 e. The van der Waals surface area contributed by atoms with Gasteiger partial charge in [0.15, 0.2) is 0 Å². The maximum Gasteiger partial charge on any atom is 0.278 e. The summed E-state index contributed by atoms with van der Waals surface area (Å²) in [5, 5.41) is 14.6. The van der Waals surface area contributed by atoms with Crippen LogP contribution in [0.15, 0.2) is 39.8 Å². The molecule has 0 bridgehead atoms. The van der Waals surface area contributed by atoms with E-state index in [9.17, 15) is 8.78 Å². The molecule has 8 heteroatoms. The van der Waals surface area contributed by atoms with Gasteiger partial charge in [-0.15, -0.1) is 0 Å². The average Bonchev–Trinajstić information content (AvgIpc) is 2.55. The van der Waals surface area contributed by atoms with Gasteiger partial charge >= 0.3 is 0 Å². The van der Waals surface area contributed by atoms with Crippen LogP contribution in [0.3, 0.4) is 0 Å². The van der Waals surface area contributed by atoms with Crippen LogP contribution in [0.1, 0.15) is 23.6 Å². The second-order valence-corrected chi connectivity index (χ2v) is 4.82. The van der Waals surface area contributed by atoms with Crippen LogP contribution >= 0.6 is 0 Å². The van der Waals surface area contributed by atoms with Gasteiger partial charge in [0, 0.05) is 22.9 Å². The average molecular weight is 338 g/mol. The van der Waals surface area contributed by atoms with E-state index in [0.717, 1.165) is 22.9 Å². The number of aryl methyl sites for hydroxylation is 1. The summed E-state index contributed by atoms with van der Waals surface area (Å²) >= 11 is 0. The molecule has 3 N–H and O–H groups in total. The molecule has 0 fully saturated rings. The van der Waals surface area contributed by atoms with Crippen molar-refractivity contribution in [2.75, 3.05) is 7.11 Å². The van der Waals surface area contributed by atoms with Gasteiger partial charge in [0.1, 0.15) is 13.7 Å². The van der Waals surface area contributed by atoms with Gasteiger partial charge in [0.05, 0.1) is 17.6 Å². The molecule has 1 rings (SSSR count). The summed E-state index contributed by atoms with van der Waals surface area (Å²) in [5.74, 6) is 0. The molecule has 24 heavy (non-hydrogen) atoms. The van der Waals surface area contributed by atoms with Crippen LogP contribution in [0.2, 0.25) is 0 Å². The van der Waals surface area contributed by atoms with Crippen molar-refractivity contribution < 1.29 is 18.5 Å². The summed E-state index contributed by atoms with van der Waals surface area (Å²) in [6, 6.07) is 5.65. The van der Waals surface area contributed by atoms with Gasteiger partial charge in [-0.25, -0.2) is 8.78 Å². The lowest BCUT2D eigenvalue weighted by atomic mass is 10.00. The third-order valence-corrected chi connectivity index (χ3v) is 3.23. The Morgan fingerprint density at radius 2 is 2.12 bits per heavy atom. The van der Waals surface area contributed by atoms with Crippen LogP contribution in [-0.4, -0.2) is 31.7 Å². The van der Waals surface area contributed by atoms with Gasteiger partial charge < -0.3 is 20.8 Å². The molecule has 0 saturated carbocycles. The Hall–Kier alpha value is -2.77. The number of hydrogen-bond donors (Lipinski definition) is 2. The molecular weight excluding hydrogens is 318 g/mol. The number of nitrogens with two attached hydrogens (primary N) is 1. The molecule has 0 aliphatic carbocycles. The van der Waals surface area contributed by atoms with Crippen LogP contribution in [0.5, 0.6) is 0 Å². The molecule has 1 aromatic rings. The number of alkyl halides is 2. The predicted octanol–water partition coefficient (Wildman–Crippen LogP) is 3.00. The van der Waals surface area contributed by atoms with Gasteiger partial charge in [-0.1, -0.05) is 28.5 Å². The number of oxime groups is 2. The van der Waals surface area contributed by atoms with E-state index in [-0.39, 0.29) is 12.2 Å². The number of hydrogen-bond acceptors (Lipinski definition) is 6. The highest BCUT2D eigenvalue weighted by molar-refractivity contribution is 6.03. The lowest BCUT2D eigenvalue weighted by Crippen LogP contribution is -2.13. The van der Waals surface area contributed by atoms with E-state index in [0.29, 0.717) is 11.9 Å². The third kappa shape index (κ3) is 5.15. The Bertz CT molecular complexity index is 670. The lowest BCUT2D eigenvalue weighted by Gasteiger charge is -2.11. The maximum absolute atomic E-state index is 12.5. The van der Waals surface area contributed by atoms with Crippen molar-refractivity contribution in [3.8, 4) is 0 Å². The molecule has 0 aromatic heterocycles. The summed E-state index contributed by atoms with van der Waals surface area (Å²) in [5.41, 5.74) is 7.57. The van der Waals surface area contributed by atoms with Gasteiger partial charge in [-0.05, 0) is 19.4 Å². The van der Waals surface area contributed by atoms with Crippen molar-refractivity contribution in [1.29, 1.82) is 5.41 Å². The molecule has 0 heterocycles. The van der Waals surface area contributed by atoms with Gasteiger partial charge in [0.25, 0.3) is 6.43 Å². The van der Waals surface area contributed by atoms with E-state index in [1.54, 1.807) is 6.92 Å². The van der Waals surface area contributed by atoms with E-state index >= 15 is 0 Å². The molecule has 0 radical (unpaired) electrons. The zero-order valence-corrected chi connectivity index (χ0v) is 13.7. The fourth-order valence-corrected chi connectivity index (χ4v) is 1.94. The molecule has 0 saturated heterocycles. The van der Waals surface area contributed by atoms with Gasteiger partial charge in [-0.3, -0.25) is 0 Å². The first-order valence-corrected chi connectivity index (χ1v) is 7.02. The summed E-state index contributed by atoms with van der Waals surface area (Å²) in [7, 11) is 1.46. The maximum atomic E-state index is 12.5. The van der Waals surface area contributed by atoms with E-state index in [1.165, 1.54) is 7.11 Å². The minimum absolute atomic E-state index is 0.106. The van der Waals surface area contributed by atoms with Crippen molar-refractivity contribution in [2.24, 2.45) is 16.0 Å². The Morgan fingerprint density at radius 3 is 2.71 bits per heavy atom. The molecule has 0 atom stereocenters. The summed E-state index contributed by atoms with van der Waals surface area (Å²) < 4.78 is 25.0. The van der Waals surface area contributed by atoms with Crippen LogP contribution in [0, 0.1) is 12.3 Å². The van der Waals surface area contributed by atoms with E-state index in [1.807, 2.05) is 25.1 Å². The number of nitrogens with one attached hydrogen (secondary N) is 1. The SMILES string of the molecule is CO/N=C(/C)c1cccc(C)c1CO/N=C/C(C=N)=C(/N)C(F)F. The minimum Gasteiger partial charge on any atom is -0.399 e. The predicted molar refractivity (Wildman–Crippen MR) is 89.7 cm³/mol. The topological polar surface area (TPSA) is 93.0 Å². The Balaban J connectivity index is 2.93. The van der Waals surface area contributed by atoms with E-state index in [2.05, 4.69) is 10.3 Å². The normalized spacial score (nSPS) is 13.2. The summed E-state index contributed by atoms with van der Waals surface area (Å²) in [6.45, 7) is 3.81. The standard InChI is InChI=1S/C16H20F2N4O2/c1-10-5-4-6-13(11(2)22-23-3)14(10)9-24-21-8-12(7-19)15(20)16(17)18/h4-8,16,19H,9,20H2,1-3H3/b15-12+,19-7?,21-8+,22-11-. The fraction of sp³-hybridized carbons (Fsp3) is 0.312. The van der Waals surface area contributed by atoms with Gasteiger partial charge in [0.2, 0.25) is 0 Å². The second-order valence-electron chi connectivity index (χ2n) is 4.82. The van der Waals surface area contributed by atoms with Crippen molar-refractivity contribution in [3.05, 3.63) is 46.2 Å². The molecule has 6 nitrogen and oxygen atoms in total. The largest absolute Gasteiger partial charge is 0.399 e. The first-order valence-electron chi connectivity index (χ1n) is 7.02. The Kier molecular flexibility index (Phi) is 7.54. The molecule has 0 aliphatic rings. The van der Waals surface area contributed by atoms with E-state index < -0.39 is 12.1 Å². The number of rotatable bonds is 8. The highest BCUT2D eigenvalue weighted by Gasteiger charge is 2.11. The molecule has 0 aliphatic heterocycles. The molecule has 130 valence electrons. The number of allylic oxidation sites excluding steroid dienone is 2.